The van der Waals surface area contributed by atoms with Gasteiger partial charge in [-0.25, -0.2) is 9.37 Å². The van der Waals surface area contributed by atoms with Crippen molar-refractivity contribution in [2.75, 3.05) is 4.90 Å². The molecule has 0 saturated heterocycles. The Balaban J connectivity index is 0.00000417. The zero-order valence-electron chi connectivity index (χ0n) is 25.1. The molecule has 2 aromatic heterocycles. The van der Waals surface area contributed by atoms with Gasteiger partial charge in [-0.05, 0) is 62.6 Å². The van der Waals surface area contributed by atoms with E-state index in [4.69, 9.17) is 13.9 Å². The van der Waals surface area contributed by atoms with Crippen LogP contribution in [-0.2, 0) is 20.4 Å². The zero-order chi connectivity index (χ0) is 31.7. The number of halogens is 3. The Morgan fingerprint density at radius 1 is 0.696 bits per heavy atom. The summed E-state index contributed by atoms with van der Waals surface area (Å²) < 4.78 is 61.5. The minimum Gasteiger partial charge on any atom is -0.500 e. The molecule has 0 atom stereocenters. The maximum Gasteiger partial charge on any atom is 2.00 e. The summed E-state index contributed by atoms with van der Waals surface area (Å²) in [6, 6.07) is 26.1. The Bertz CT molecular complexity index is 1950. The number of hydrogen-bond acceptors (Lipinski definition) is 6. The summed E-state index contributed by atoms with van der Waals surface area (Å²) in [6.45, 7) is 8.04. The Hall–Kier alpha value is -4.91. The first-order valence-electron chi connectivity index (χ1n) is 14.0. The summed E-state index contributed by atoms with van der Waals surface area (Å²) in [7, 11) is 0. The molecule has 0 aliphatic rings. The molecule has 6 aromatic rings. The van der Waals surface area contributed by atoms with E-state index in [-0.39, 0.29) is 43.7 Å². The fourth-order valence-corrected chi connectivity index (χ4v) is 4.99. The molecule has 0 unspecified atom stereocenters. The van der Waals surface area contributed by atoms with Crippen LogP contribution in [0.4, 0.5) is 30.2 Å². The molecule has 6 rings (SSSR count). The van der Waals surface area contributed by atoms with Crippen LogP contribution in [0.5, 0.6) is 23.1 Å². The van der Waals surface area contributed by atoms with Crippen LogP contribution in [0.25, 0.3) is 11.5 Å². The summed E-state index contributed by atoms with van der Waals surface area (Å²) in [4.78, 5) is 10.1. The van der Waals surface area contributed by atoms with Gasteiger partial charge in [-0.1, -0.05) is 59.3 Å². The largest absolute Gasteiger partial charge is 2.00 e. The Morgan fingerprint density at radius 2 is 1.35 bits per heavy atom. The van der Waals surface area contributed by atoms with Gasteiger partial charge in [-0.2, -0.15) is 0 Å². The summed E-state index contributed by atoms with van der Waals surface area (Å²) in [6.07, 6.45) is 4.00. The maximum atomic E-state index is 15.1. The molecule has 0 aliphatic heterocycles. The first-order chi connectivity index (χ1) is 21.7. The van der Waals surface area contributed by atoms with Crippen LogP contribution in [0.3, 0.4) is 0 Å². The van der Waals surface area contributed by atoms with Crippen molar-refractivity contribution in [3.63, 3.8) is 0 Å². The SMILES string of the molecule is Cc1ccc(N(c2cc(Oc3ccccn3)[c-]c(Oc3[c-]c(-c4ncco4)c(F)c(F)c3F)c2)c2ccc(C)cc2C)c(C)c1.[Pd+2]. The first-order valence-corrected chi connectivity index (χ1v) is 14.0. The third-order valence-electron chi connectivity index (χ3n) is 7.00. The minimum absolute atomic E-state index is 0. The number of aryl methyl sites for hydroxylation is 4. The summed E-state index contributed by atoms with van der Waals surface area (Å²) in [5.74, 6) is -5.45. The molecule has 2 heterocycles. The zero-order valence-corrected chi connectivity index (χ0v) is 26.7. The van der Waals surface area contributed by atoms with E-state index >= 15 is 4.39 Å². The average molecular weight is 712 g/mol. The van der Waals surface area contributed by atoms with E-state index in [0.717, 1.165) is 33.6 Å². The second-order valence-electron chi connectivity index (χ2n) is 10.5. The molecule has 46 heavy (non-hydrogen) atoms. The minimum atomic E-state index is -1.76. The molecule has 0 amide bonds. The van der Waals surface area contributed by atoms with Gasteiger partial charge in [0.25, 0.3) is 0 Å². The second kappa shape index (κ2) is 13.6. The van der Waals surface area contributed by atoms with Crippen LogP contribution in [0.1, 0.15) is 22.3 Å². The molecule has 0 bridgehead atoms. The van der Waals surface area contributed by atoms with Crippen LogP contribution in [-0.4, -0.2) is 9.97 Å². The van der Waals surface area contributed by atoms with Crippen molar-refractivity contribution >= 4 is 17.1 Å². The molecule has 4 aromatic carbocycles. The molecule has 0 saturated carbocycles. The summed E-state index contributed by atoms with van der Waals surface area (Å²) >= 11 is 0. The molecule has 0 N–H and O–H groups in total. The molecule has 0 aliphatic carbocycles. The van der Waals surface area contributed by atoms with Crippen molar-refractivity contribution in [3.8, 4) is 34.6 Å². The number of aromatic nitrogens is 2. The van der Waals surface area contributed by atoms with Crippen molar-refractivity contribution < 1.29 is 47.5 Å². The van der Waals surface area contributed by atoms with Crippen LogP contribution >= 0.6 is 0 Å². The molecule has 10 heteroatoms. The molecule has 234 valence electrons. The van der Waals surface area contributed by atoms with E-state index in [0.29, 0.717) is 5.69 Å². The van der Waals surface area contributed by atoms with Gasteiger partial charge in [-0.15, -0.1) is 12.1 Å². The summed E-state index contributed by atoms with van der Waals surface area (Å²) in [5.41, 5.74) is 5.93. The monoisotopic (exact) mass is 711 g/mol. The predicted molar refractivity (Wildman–Crippen MR) is 164 cm³/mol. The van der Waals surface area contributed by atoms with Crippen molar-refractivity contribution in [1.82, 2.24) is 9.97 Å². The smallest absolute Gasteiger partial charge is 0.500 e. The number of ether oxygens (including phenoxy) is 2. The van der Waals surface area contributed by atoms with E-state index in [2.05, 4.69) is 34.2 Å². The van der Waals surface area contributed by atoms with E-state index in [1.807, 2.05) is 56.9 Å². The van der Waals surface area contributed by atoms with Crippen LogP contribution in [0, 0.1) is 57.3 Å². The van der Waals surface area contributed by atoms with Gasteiger partial charge in [0.1, 0.15) is 17.5 Å². The number of benzene rings is 4. The molecule has 0 fully saturated rings. The van der Waals surface area contributed by atoms with Gasteiger partial charge in [0.2, 0.25) is 5.88 Å². The number of anilines is 3. The van der Waals surface area contributed by atoms with E-state index in [1.165, 1.54) is 12.5 Å². The Morgan fingerprint density at radius 3 is 1.91 bits per heavy atom. The summed E-state index contributed by atoms with van der Waals surface area (Å²) in [5, 5.41) is 0. The Kier molecular flexibility index (Phi) is 9.61. The van der Waals surface area contributed by atoms with Gasteiger partial charge >= 0.3 is 20.4 Å². The molecule has 6 nitrogen and oxygen atoms in total. The number of rotatable bonds is 8. The molecular formula is C36H26F3N3O3Pd. The third-order valence-corrected chi connectivity index (χ3v) is 7.00. The van der Waals surface area contributed by atoms with Gasteiger partial charge in [0.15, 0.2) is 0 Å². The van der Waals surface area contributed by atoms with Gasteiger partial charge < -0.3 is 18.8 Å². The average Bonchev–Trinajstić information content (AvgIpc) is 3.55. The topological polar surface area (TPSA) is 60.6 Å². The van der Waals surface area contributed by atoms with E-state index < -0.39 is 28.8 Å². The van der Waals surface area contributed by atoms with E-state index in [1.54, 1.807) is 36.5 Å². The second-order valence-corrected chi connectivity index (χ2v) is 10.5. The van der Waals surface area contributed by atoms with Crippen molar-refractivity contribution in [2.24, 2.45) is 0 Å². The maximum absolute atomic E-state index is 15.1. The van der Waals surface area contributed by atoms with Gasteiger partial charge in [-0.3, -0.25) is 13.8 Å². The first kappa shape index (κ1) is 32.5. The fourth-order valence-electron chi connectivity index (χ4n) is 4.99. The van der Waals surface area contributed by atoms with Gasteiger partial charge in [0, 0.05) is 35.1 Å². The molecule has 0 spiro atoms. The van der Waals surface area contributed by atoms with Crippen molar-refractivity contribution in [1.29, 1.82) is 0 Å². The Labute approximate surface area is 278 Å². The molecule has 0 radical (unpaired) electrons. The van der Waals surface area contributed by atoms with Crippen molar-refractivity contribution in [3.05, 3.63) is 137 Å². The van der Waals surface area contributed by atoms with Crippen LogP contribution in [0.2, 0.25) is 0 Å². The fraction of sp³-hybridized carbons (Fsp3) is 0.111. The van der Waals surface area contributed by atoms with E-state index in [9.17, 15) is 8.78 Å². The third kappa shape index (κ3) is 6.69. The normalized spacial score (nSPS) is 10.8. The van der Waals surface area contributed by atoms with Gasteiger partial charge in [0.05, 0.1) is 24.0 Å². The quantitative estimate of drug-likeness (QED) is 0.0890. The number of oxazole rings is 1. The standard InChI is InChI=1S/C36H26F3N3O3.Pd/c1-21-8-10-29(23(3)15-21)42(30-11-9-22(2)16-24(30)4)25-17-26(19-27(18-25)45-32-7-5-6-12-40-32)44-31-20-28(36-41-13-14-43-36)33(37)35(39)34(31)38;/h5-18H,1-4H3;/q-2;+2. The van der Waals surface area contributed by atoms with Crippen molar-refractivity contribution in [2.45, 2.75) is 27.7 Å². The van der Waals surface area contributed by atoms with Crippen LogP contribution in [0.15, 0.2) is 89.8 Å². The molecular weight excluding hydrogens is 686 g/mol. The number of hydrogen-bond donors (Lipinski definition) is 0. The predicted octanol–water partition coefficient (Wildman–Crippen LogP) is 10.0. The van der Waals surface area contributed by atoms with Crippen LogP contribution < -0.4 is 14.4 Å². The number of nitrogens with zero attached hydrogens (tertiary/aromatic N) is 3. The number of pyridine rings is 1.